The van der Waals surface area contributed by atoms with Crippen molar-refractivity contribution in [1.82, 2.24) is 25.2 Å². The van der Waals surface area contributed by atoms with Crippen molar-refractivity contribution in [2.45, 2.75) is 20.0 Å². The minimum atomic E-state index is 0.667. The van der Waals surface area contributed by atoms with Crippen molar-refractivity contribution in [3.05, 3.63) is 64.5 Å². The van der Waals surface area contributed by atoms with Crippen LogP contribution in [0, 0.1) is 6.92 Å². The van der Waals surface area contributed by atoms with E-state index in [-0.39, 0.29) is 0 Å². The van der Waals surface area contributed by atoms with Crippen LogP contribution in [0.3, 0.4) is 0 Å². The highest BCUT2D eigenvalue weighted by molar-refractivity contribution is 7.09. The Bertz CT molecular complexity index is 789. The third-order valence-corrected chi connectivity index (χ3v) is 4.45. The fourth-order valence-electron chi connectivity index (χ4n) is 2.27. The maximum atomic E-state index is 4.50. The molecule has 0 unspecified atom stereocenters. The van der Waals surface area contributed by atoms with Gasteiger partial charge in [-0.2, -0.15) is 0 Å². The van der Waals surface area contributed by atoms with Gasteiger partial charge in [-0.15, -0.1) is 11.3 Å². The number of nitrogens with zero attached hydrogens (tertiary/aromatic N) is 4. The molecule has 0 aromatic carbocycles. The summed E-state index contributed by atoms with van der Waals surface area (Å²) in [7, 11) is 1.77. The zero-order valence-corrected chi connectivity index (χ0v) is 14.5. The van der Waals surface area contributed by atoms with Crippen LogP contribution in [0.15, 0.2) is 53.2 Å². The van der Waals surface area contributed by atoms with Gasteiger partial charge < -0.3 is 10.6 Å². The van der Waals surface area contributed by atoms with Crippen LogP contribution >= 0.6 is 11.3 Å². The first-order valence-electron chi connectivity index (χ1n) is 7.68. The molecule has 0 aliphatic rings. The average molecular weight is 340 g/mol. The molecule has 0 aliphatic heterocycles. The molecule has 3 rings (SSSR count). The first-order valence-corrected chi connectivity index (χ1v) is 8.56. The second kappa shape index (κ2) is 7.74. The van der Waals surface area contributed by atoms with E-state index in [9.17, 15) is 0 Å². The summed E-state index contributed by atoms with van der Waals surface area (Å²) in [5.74, 6) is 2.57. The van der Waals surface area contributed by atoms with Crippen molar-refractivity contribution >= 4 is 17.3 Å². The average Bonchev–Trinajstić information content (AvgIpc) is 3.27. The Morgan fingerprint density at radius 1 is 1.21 bits per heavy atom. The molecule has 3 aromatic rings. The van der Waals surface area contributed by atoms with Crippen LogP contribution < -0.4 is 10.6 Å². The summed E-state index contributed by atoms with van der Waals surface area (Å²) in [5.41, 5.74) is 1.09. The molecule has 3 heterocycles. The normalized spacial score (nSPS) is 11.5. The van der Waals surface area contributed by atoms with Gasteiger partial charge in [0, 0.05) is 37.1 Å². The number of rotatable bonds is 5. The second-order valence-corrected chi connectivity index (χ2v) is 6.26. The van der Waals surface area contributed by atoms with Crippen molar-refractivity contribution in [3.63, 3.8) is 0 Å². The minimum Gasteiger partial charge on any atom is -0.352 e. The lowest BCUT2D eigenvalue weighted by atomic mass is 10.3. The van der Waals surface area contributed by atoms with Gasteiger partial charge in [0.05, 0.1) is 6.54 Å². The van der Waals surface area contributed by atoms with Gasteiger partial charge in [-0.05, 0) is 30.0 Å². The summed E-state index contributed by atoms with van der Waals surface area (Å²) in [6, 6.07) is 8.20. The molecule has 0 spiro atoms. The van der Waals surface area contributed by atoms with E-state index < -0.39 is 0 Å². The highest BCUT2D eigenvalue weighted by atomic mass is 32.1. The smallest absolute Gasteiger partial charge is 0.191 e. The molecule has 0 saturated carbocycles. The summed E-state index contributed by atoms with van der Waals surface area (Å²) in [4.78, 5) is 14.2. The third-order valence-electron chi connectivity index (χ3n) is 3.58. The maximum Gasteiger partial charge on any atom is 0.191 e. The quantitative estimate of drug-likeness (QED) is 0.553. The lowest BCUT2D eigenvalue weighted by molar-refractivity contribution is 0.811. The molecule has 0 aliphatic carbocycles. The Balaban J connectivity index is 1.55. The van der Waals surface area contributed by atoms with Crippen molar-refractivity contribution in [2.75, 3.05) is 7.05 Å². The standard InChI is InChI=1S/C17H20N6S/c1-13-19-7-8-23(13)16-6-5-14(10-20-16)11-21-17(18-2)22-12-15-4-3-9-24-15/h3-10H,11-12H2,1-2H3,(H2,18,21,22). The molecule has 0 atom stereocenters. The number of pyridine rings is 1. The molecule has 7 heteroatoms. The predicted molar refractivity (Wildman–Crippen MR) is 97.5 cm³/mol. The van der Waals surface area contributed by atoms with E-state index >= 15 is 0 Å². The Morgan fingerprint density at radius 3 is 2.71 bits per heavy atom. The van der Waals surface area contributed by atoms with Crippen molar-refractivity contribution in [2.24, 2.45) is 4.99 Å². The number of imidazole rings is 1. The van der Waals surface area contributed by atoms with E-state index in [4.69, 9.17) is 0 Å². The van der Waals surface area contributed by atoms with Crippen LogP contribution in [0.4, 0.5) is 0 Å². The molecule has 24 heavy (non-hydrogen) atoms. The fourth-order valence-corrected chi connectivity index (χ4v) is 2.92. The molecular weight excluding hydrogens is 320 g/mol. The lowest BCUT2D eigenvalue weighted by Crippen LogP contribution is -2.36. The number of aliphatic imine (C=N–C) groups is 1. The predicted octanol–water partition coefficient (Wildman–Crippen LogP) is 2.50. The van der Waals surface area contributed by atoms with Gasteiger partial charge in [0.15, 0.2) is 5.96 Å². The van der Waals surface area contributed by atoms with Gasteiger partial charge in [0.25, 0.3) is 0 Å². The van der Waals surface area contributed by atoms with E-state index in [1.165, 1.54) is 4.88 Å². The highest BCUT2D eigenvalue weighted by Crippen LogP contribution is 2.09. The zero-order valence-electron chi connectivity index (χ0n) is 13.7. The third kappa shape index (κ3) is 3.99. The first-order chi connectivity index (χ1) is 11.8. The molecule has 3 aromatic heterocycles. The van der Waals surface area contributed by atoms with E-state index in [0.717, 1.165) is 29.7 Å². The molecule has 2 N–H and O–H groups in total. The SMILES string of the molecule is CN=C(NCc1ccc(-n2ccnc2C)nc1)NCc1cccs1. The number of thiophene rings is 1. The lowest BCUT2D eigenvalue weighted by Gasteiger charge is -2.11. The summed E-state index contributed by atoms with van der Waals surface area (Å²) < 4.78 is 1.96. The van der Waals surface area contributed by atoms with Crippen LogP contribution in [-0.2, 0) is 13.1 Å². The number of nitrogens with one attached hydrogen (secondary N) is 2. The first kappa shape index (κ1) is 16.2. The van der Waals surface area contributed by atoms with Crippen LogP contribution in [0.25, 0.3) is 5.82 Å². The maximum absolute atomic E-state index is 4.50. The van der Waals surface area contributed by atoms with Crippen LogP contribution in [0.5, 0.6) is 0 Å². The van der Waals surface area contributed by atoms with Gasteiger partial charge in [-0.1, -0.05) is 12.1 Å². The van der Waals surface area contributed by atoms with Crippen molar-refractivity contribution in [1.29, 1.82) is 0 Å². The Morgan fingerprint density at radius 2 is 2.08 bits per heavy atom. The summed E-state index contributed by atoms with van der Waals surface area (Å²) in [6.07, 6.45) is 5.55. The molecule has 0 bridgehead atoms. The monoisotopic (exact) mass is 340 g/mol. The molecule has 6 nitrogen and oxygen atoms in total. The number of hydrogen-bond acceptors (Lipinski definition) is 4. The summed E-state index contributed by atoms with van der Waals surface area (Å²) >= 11 is 1.73. The van der Waals surface area contributed by atoms with Gasteiger partial charge in [0.1, 0.15) is 11.6 Å². The molecule has 0 fully saturated rings. The molecule has 0 amide bonds. The molecule has 0 radical (unpaired) electrons. The van der Waals surface area contributed by atoms with E-state index in [1.54, 1.807) is 24.6 Å². The van der Waals surface area contributed by atoms with E-state index in [2.05, 4.69) is 43.1 Å². The number of guanidine groups is 1. The zero-order chi connectivity index (χ0) is 16.8. The van der Waals surface area contributed by atoms with Crippen LogP contribution in [-0.4, -0.2) is 27.5 Å². The number of hydrogen-bond donors (Lipinski definition) is 2. The Hall–Kier alpha value is -2.67. The fraction of sp³-hybridized carbons (Fsp3) is 0.235. The largest absolute Gasteiger partial charge is 0.352 e. The van der Waals surface area contributed by atoms with Crippen LogP contribution in [0.2, 0.25) is 0 Å². The second-order valence-electron chi connectivity index (χ2n) is 5.23. The van der Waals surface area contributed by atoms with Crippen molar-refractivity contribution < 1.29 is 0 Å². The molecule has 124 valence electrons. The molecule has 0 saturated heterocycles. The Labute approximate surface area is 145 Å². The van der Waals surface area contributed by atoms with Crippen LogP contribution in [0.1, 0.15) is 16.3 Å². The van der Waals surface area contributed by atoms with Crippen molar-refractivity contribution in [3.8, 4) is 5.82 Å². The summed E-state index contributed by atoms with van der Waals surface area (Å²) in [5, 5.41) is 8.67. The Kier molecular flexibility index (Phi) is 5.22. The van der Waals surface area contributed by atoms with Gasteiger partial charge >= 0.3 is 0 Å². The minimum absolute atomic E-state index is 0.667. The van der Waals surface area contributed by atoms with Gasteiger partial charge in [-0.25, -0.2) is 9.97 Å². The van der Waals surface area contributed by atoms with Gasteiger partial charge in [-0.3, -0.25) is 9.56 Å². The van der Waals surface area contributed by atoms with Gasteiger partial charge in [0.2, 0.25) is 0 Å². The summed E-state index contributed by atoms with van der Waals surface area (Å²) in [6.45, 7) is 3.40. The van der Waals surface area contributed by atoms with E-state index in [1.807, 2.05) is 36.0 Å². The van der Waals surface area contributed by atoms with E-state index in [0.29, 0.717) is 6.54 Å². The highest BCUT2D eigenvalue weighted by Gasteiger charge is 2.03. The topological polar surface area (TPSA) is 67.1 Å². The molecular formula is C17H20N6S. The number of aromatic nitrogens is 3. The number of aryl methyl sites for hydroxylation is 1.